The van der Waals surface area contributed by atoms with Crippen molar-refractivity contribution < 1.29 is 9.59 Å². The third kappa shape index (κ3) is 5.39. The van der Waals surface area contributed by atoms with Crippen molar-refractivity contribution in [1.29, 1.82) is 0 Å². The van der Waals surface area contributed by atoms with Crippen LogP contribution in [0.4, 0.5) is 5.69 Å². The second-order valence-electron chi connectivity index (χ2n) is 6.24. The zero-order valence-electron chi connectivity index (χ0n) is 15.1. The van der Waals surface area contributed by atoms with Gasteiger partial charge in [-0.3, -0.25) is 14.6 Å². The molecule has 0 aliphatic carbocycles. The summed E-state index contributed by atoms with van der Waals surface area (Å²) in [6.07, 6.45) is 1.47. The number of carbonyl (C=O) groups is 2. The SMILES string of the molecule is Cc1ccc(NC(=O)c2ccnc(C(=O)NCCN(C)C)c2)cc1C. The van der Waals surface area contributed by atoms with Crippen LogP contribution in [0.3, 0.4) is 0 Å². The minimum Gasteiger partial charge on any atom is -0.349 e. The summed E-state index contributed by atoms with van der Waals surface area (Å²) in [5.74, 6) is -0.560. The molecule has 6 nitrogen and oxygen atoms in total. The first kappa shape index (κ1) is 18.6. The minimum absolute atomic E-state index is 0.228. The fourth-order valence-corrected chi connectivity index (χ4v) is 2.20. The molecule has 0 unspecified atom stereocenters. The molecule has 1 aromatic heterocycles. The molecule has 2 N–H and O–H groups in total. The maximum atomic E-state index is 12.4. The topological polar surface area (TPSA) is 74.3 Å². The van der Waals surface area contributed by atoms with E-state index in [1.165, 1.54) is 17.8 Å². The summed E-state index contributed by atoms with van der Waals surface area (Å²) in [6.45, 7) is 5.27. The lowest BCUT2D eigenvalue weighted by atomic mass is 10.1. The summed E-state index contributed by atoms with van der Waals surface area (Å²) in [5, 5.41) is 5.63. The summed E-state index contributed by atoms with van der Waals surface area (Å²) in [7, 11) is 3.87. The number of aryl methyl sites for hydroxylation is 2. The number of amides is 2. The Kier molecular flexibility index (Phi) is 6.25. The van der Waals surface area contributed by atoms with Crippen molar-refractivity contribution in [3.8, 4) is 0 Å². The molecule has 0 aliphatic rings. The number of nitrogens with one attached hydrogen (secondary N) is 2. The van der Waals surface area contributed by atoms with E-state index in [4.69, 9.17) is 0 Å². The van der Waals surface area contributed by atoms with Gasteiger partial charge in [0, 0.05) is 30.5 Å². The van der Waals surface area contributed by atoms with Crippen LogP contribution < -0.4 is 10.6 Å². The number of carbonyl (C=O) groups excluding carboxylic acids is 2. The third-order valence-electron chi connectivity index (χ3n) is 3.86. The number of anilines is 1. The number of pyridine rings is 1. The van der Waals surface area contributed by atoms with E-state index in [1.807, 2.05) is 51.0 Å². The molecular formula is C19H24N4O2. The first-order valence-electron chi connectivity index (χ1n) is 8.14. The van der Waals surface area contributed by atoms with Gasteiger partial charge in [-0.1, -0.05) is 6.07 Å². The van der Waals surface area contributed by atoms with Crippen molar-refractivity contribution in [3.63, 3.8) is 0 Å². The van der Waals surface area contributed by atoms with Crippen LogP contribution >= 0.6 is 0 Å². The number of nitrogens with zero attached hydrogens (tertiary/aromatic N) is 2. The minimum atomic E-state index is -0.289. The molecule has 0 spiro atoms. The van der Waals surface area contributed by atoms with Gasteiger partial charge in [0.05, 0.1) is 0 Å². The molecule has 0 saturated heterocycles. The van der Waals surface area contributed by atoms with Crippen LogP contribution in [0.5, 0.6) is 0 Å². The lowest BCUT2D eigenvalue weighted by Crippen LogP contribution is -2.32. The Morgan fingerprint density at radius 3 is 2.48 bits per heavy atom. The second-order valence-corrected chi connectivity index (χ2v) is 6.24. The van der Waals surface area contributed by atoms with Gasteiger partial charge in [-0.05, 0) is 63.3 Å². The van der Waals surface area contributed by atoms with Crippen molar-refractivity contribution in [2.24, 2.45) is 0 Å². The number of rotatable bonds is 6. The normalized spacial score (nSPS) is 10.6. The molecule has 0 bridgehead atoms. The van der Waals surface area contributed by atoms with Gasteiger partial charge in [-0.25, -0.2) is 0 Å². The van der Waals surface area contributed by atoms with Gasteiger partial charge in [0.2, 0.25) is 0 Å². The summed E-state index contributed by atoms with van der Waals surface area (Å²) >= 11 is 0. The van der Waals surface area contributed by atoms with E-state index in [9.17, 15) is 9.59 Å². The number of benzene rings is 1. The molecule has 0 atom stereocenters. The first-order valence-corrected chi connectivity index (χ1v) is 8.14. The molecule has 2 amide bonds. The molecule has 0 aliphatic heterocycles. The summed E-state index contributed by atoms with van der Waals surface area (Å²) in [5.41, 5.74) is 3.62. The standard InChI is InChI=1S/C19H24N4O2/c1-13-5-6-16(11-14(13)2)22-18(24)15-7-8-20-17(12-15)19(25)21-9-10-23(3)4/h5-8,11-12H,9-10H2,1-4H3,(H,21,25)(H,22,24). The molecule has 0 saturated carbocycles. The van der Waals surface area contributed by atoms with Crippen molar-refractivity contribution >= 4 is 17.5 Å². The molecule has 6 heteroatoms. The quantitative estimate of drug-likeness (QED) is 0.846. The van der Waals surface area contributed by atoms with Crippen molar-refractivity contribution in [3.05, 3.63) is 58.9 Å². The van der Waals surface area contributed by atoms with Crippen molar-refractivity contribution in [2.75, 3.05) is 32.5 Å². The van der Waals surface area contributed by atoms with E-state index in [2.05, 4.69) is 15.6 Å². The zero-order valence-corrected chi connectivity index (χ0v) is 15.1. The number of hydrogen-bond acceptors (Lipinski definition) is 4. The maximum Gasteiger partial charge on any atom is 0.269 e. The van der Waals surface area contributed by atoms with E-state index >= 15 is 0 Å². The number of aromatic nitrogens is 1. The van der Waals surface area contributed by atoms with Gasteiger partial charge < -0.3 is 15.5 Å². The zero-order chi connectivity index (χ0) is 18.4. The van der Waals surface area contributed by atoms with Crippen molar-refractivity contribution in [1.82, 2.24) is 15.2 Å². The van der Waals surface area contributed by atoms with Gasteiger partial charge in [0.25, 0.3) is 11.8 Å². The fourth-order valence-electron chi connectivity index (χ4n) is 2.20. The molecular weight excluding hydrogens is 316 g/mol. The van der Waals surface area contributed by atoms with Crippen LogP contribution in [0.2, 0.25) is 0 Å². The molecule has 0 fully saturated rings. The predicted molar refractivity (Wildman–Crippen MR) is 99.0 cm³/mol. The van der Waals surface area contributed by atoms with Gasteiger partial charge in [0.15, 0.2) is 0 Å². The Hall–Kier alpha value is -2.73. The fraction of sp³-hybridized carbons (Fsp3) is 0.316. The molecule has 1 heterocycles. The molecule has 25 heavy (non-hydrogen) atoms. The molecule has 0 radical (unpaired) electrons. The van der Waals surface area contributed by atoms with E-state index in [-0.39, 0.29) is 17.5 Å². The monoisotopic (exact) mass is 340 g/mol. The second kappa shape index (κ2) is 8.39. The highest BCUT2D eigenvalue weighted by Gasteiger charge is 2.12. The Bertz CT molecular complexity index is 772. The largest absolute Gasteiger partial charge is 0.349 e. The van der Waals surface area contributed by atoms with Crippen LogP contribution in [-0.4, -0.2) is 48.9 Å². The molecule has 132 valence electrons. The van der Waals surface area contributed by atoms with E-state index < -0.39 is 0 Å². The third-order valence-corrected chi connectivity index (χ3v) is 3.86. The Morgan fingerprint density at radius 1 is 1.04 bits per heavy atom. The summed E-state index contributed by atoms with van der Waals surface area (Å²) < 4.78 is 0. The molecule has 2 rings (SSSR count). The van der Waals surface area contributed by atoms with E-state index in [0.29, 0.717) is 12.1 Å². The highest BCUT2D eigenvalue weighted by molar-refractivity contribution is 6.05. The number of likely N-dealkylation sites (N-methyl/N-ethyl adjacent to an activating group) is 1. The number of hydrogen-bond donors (Lipinski definition) is 2. The van der Waals surface area contributed by atoms with Gasteiger partial charge >= 0.3 is 0 Å². The average molecular weight is 340 g/mol. The van der Waals surface area contributed by atoms with Crippen LogP contribution in [0.15, 0.2) is 36.5 Å². The van der Waals surface area contributed by atoms with Crippen LogP contribution in [0.1, 0.15) is 32.0 Å². The smallest absolute Gasteiger partial charge is 0.269 e. The van der Waals surface area contributed by atoms with Gasteiger partial charge in [-0.2, -0.15) is 0 Å². The average Bonchev–Trinajstić information content (AvgIpc) is 2.58. The highest BCUT2D eigenvalue weighted by atomic mass is 16.2. The molecule has 1 aromatic carbocycles. The summed E-state index contributed by atoms with van der Waals surface area (Å²) in [4.78, 5) is 30.5. The van der Waals surface area contributed by atoms with Crippen LogP contribution in [0, 0.1) is 13.8 Å². The van der Waals surface area contributed by atoms with E-state index in [0.717, 1.165) is 17.8 Å². The first-order chi connectivity index (χ1) is 11.9. The Balaban J connectivity index is 2.05. The van der Waals surface area contributed by atoms with Crippen LogP contribution in [-0.2, 0) is 0 Å². The lowest BCUT2D eigenvalue weighted by molar-refractivity contribution is 0.0946. The lowest BCUT2D eigenvalue weighted by Gasteiger charge is -2.11. The Morgan fingerprint density at radius 2 is 1.80 bits per heavy atom. The van der Waals surface area contributed by atoms with Gasteiger partial charge in [-0.15, -0.1) is 0 Å². The van der Waals surface area contributed by atoms with Crippen molar-refractivity contribution in [2.45, 2.75) is 13.8 Å². The predicted octanol–water partition coefficient (Wildman–Crippen LogP) is 2.24. The van der Waals surface area contributed by atoms with Crippen LogP contribution in [0.25, 0.3) is 0 Å². The van der Waals surface area contributed by atoms with E-state index in [1.54, 1.807) is 6.07 Å². The maximum absolute atomic E-state index is 12.4. The van der Waals surface area contributed by atoms with Gasteiger partial charge in [0.1, 0.15) is 5.69 Å². The molecule has 2 aromatic rings. The highest BCUT2D eigenvalue weighted by Crippen LogP contribution is 2.15. The summed E-state index contributed by atoms with van der Waals surface area (Å²) in [6, 6.07) is 8.83. The Labute approximate surface area is 148 Å².